The van der Waals surface area contributed by atoms with Crippen molar-refractivity contribution in [3.8, 4) is 0 Å². The highest BCUT2D eigenvalue weighted by Gasteiger charge is 2.19. The third-order valence-corrected chi connectivity index (χ3v) is 2.47. The Kier molecular flexibility index (Phi) is 2.28. The molecule has 2 nitrogen and oxygen atoms in total. The lowest BCUT2D eigenvalue weighted by Gasteiger charge is -2.31. The van der Waals surface area contributed by atoms with Gasteiger partial charge in [0.15, 0.2) is 0 Å². The van der Waals surface area contributed by atoms with Crippen molar-refractivity contribution in [3.63, 3.8) is 0 Å². The van der Waals surface area contributed by atoms with Gasteiger partial charge in [0.05, 0.1) is 6.54 Å². The Balaban J connectivity index is 2.36. The fourth-order valence-corrected chi connectivity index (χ4v) is 1.73. The van der Waals surface area contributed by atoms with E-state index in [1.54, 1.807) is 0 Å². The van der Waals surface area contributed by atoms with Crippen LogP contribution in [0.1, 0.15) is 20.8 Å². The normalized spacial score (nSPS) is 20.3. The molecule has 0 N–H and O–H groups in total. The first kappa shape index (κ1) is 9.25. The topological polar surface area (TPSA) is 15.6 Å². The molecular formula is C12H16N2. The maximum atomic E-state index is 4.51. The first-order chi connectivity index (χ1) is 6.68. The summed E-state index contributed by atoms with van der Waals surface area (Å²) in [6.07, 6.45) is 8.50. The molecule has 0 atom stereocenters. The number of allylic oxidation sites excluding steroid dienone is 3. The van der Waals surface area contributed by atoms with Crippen LogP contribution < -0.4 is 0 Å². The highest BCUT2D eigenvalue weighted by molar-refractivity contribution is 5.97. The van der Waals surface area contributed by atoms with Gasteiger partial charge in [-0.3, -0.25) is 4.99 Å². The molecule has 74 valence electrons. The molecule has 0 bridgehead atoms. The fraction of sp³-hybridized carbons (Fsp3) is 0.417. The van der Waals surface area contributed by atoms with Crippen molar-refractivity contribution in [2.24, 2.45) is 10.9 Å². The average Bonchev–Trinajstić information content (AvgIpc) is 2.16. The van der Waals surface area contributed by atoms with E-state index in [2.05, 4.69) is 55.1 Å². The average molecular weight is 188 g/mol. The summed E-state index contributed by atoms with van der Waals surface area (Å²) < 4.78 is 0. The van der Waals surface area contributed by atoms with Crippen molar-refractivity contribution in [3.05, 3.63) is 35.7 Å². The van der Waals surface area contributed by atoms with Crippen molar-refractivity contribution in [1.29, 1.82) is 0 Å². The van der Waals surface area contributed by atoms with E-state index in [9.17, 15) is 0 Å². The van der Waals surface area contributed by atoms with Crippen LogP contribution in [-0.2, 0) is 0 Å². The summed E-state index contributed by atoms with van der Waals surface area (Å²) >= 11 is 0. The van der Waals surface area contributed by atoms with Gasteiger partial charge in [-0.1, -0.05) is 19.9 Å². The summed E-state index contributed by atoms with van der Waals surface area (Å²) in [5.74, 6) is 1.61. The number of rotatable bonds is 1. The Bertz CT molecular complexity index is 357. The predicted octanol–water partition coefficient (Wildman–Crippen LogP) is 2.71. The van der Waals surface area contributed by atoms with E-state index in [4.69, 9.17) is 0 Å². The minimum Gasteiger partial charge on any atom is -0.306 e. The molecule has 0 radical (unpaired) electrons. The molecule has 2 rings (SSSR count). The highest BCUT2D eigenvalue weighted by atomic mass is 15.2. The maximum Gasteiger partial charge on any atom is 0.132 e. The Labute approximate surface area is 85.3 Å². The molecule has 0 saturated carbocycles. The predicted molar refractivity (Wildman–Crippen MR) is 60.0 cm³/mol. The molecule has 0 aliphatic carbocycles. The molecule has 0 spiro atoms. The first-order valence-corrected chi connectivity index (χ1v) is 5.07. The SMILES string of the molecule is CC1=CN2C(C(C)C)=CC=CC2=NC1. The molecule has 2 heterocycles. The largest absolute Gasteiger partial charge is 0.306 e. The Morgan fingerprint density at radius 3 is 2.93 bits per heavy atom. The van der Waals surface area contributed by atoms with Gasteiger partial charge in [0.25, 0.3) is 0 Å². The number of hydrogen-bond acceptors (Lipinski definition) is 2. The molecule has 0 aromatic carbocycles. The summed E-state index contributed by atoms with van der Waals surface area (Å²) in [4.78, 5) is 6.71. The van der Waals surface area contributed by atoms with E-state index < -0.39 is 0 Å². The summed E-state index contributed by atoms with van der Waals surface area (Å²) in [6, 6.07) is 0. The number of hydrogen-bond donors (Lipinski definition) is 0. The zero-order valence-electron chi connectivity index (χ0n) is 8.99. The van der Waals surface area contributed by atoms with E-state index in [1.165, 1.54) is 11.3 Å². The lowest BCUT2D eigenvalue weighted by molar-refractivity contribution is 0.551. The van der Waals surface area contributed by atoms with Crippen molar-refractivity contribution in [2.45, 2.75) is 20.8 Å². The van der Waals surface area contributed by atoms with Crippen molar-refractivity contribution < 1.29 is 0 Å². The Morgan fingerprint density at radius 2 is 2.21 bits per heavy atom. The molecule has 2 heteroatoms. The zero-order chi connectivity index (χ0) is 10.1. The van der Waals surface area contributed by atoms with Gasteiger partial charge in [-0.25, -0.2) is 0 Å². The second kappa shape index (κ2) is 3.45. The van der Waals surface area contributed by atoms with Gasteiger partial charge in [0, 0.05) is 11.9 Å². The molecule has 2 aliphatic rings. The van der Waals surface area contributed by atoms with Gasteiger partial charge in [-0.2, -0.15) is 0 Å². The van der Waals surface area contributed by atoms with Crippen LogP contribution in [0.3, 0.4) is 0 Å². The second-order valence-electron chi connectivity index (χ2n) is 4.13. The third-order valence-electron chi connectivity index (χ3n) is 2.47. The van der Waals surface area contributed by atoms with Crippen LogP contribution >= 0.6 is 0 Å². The fourth-order valence-electron chi connectivity index (χ4n) is 1.73. The molecule has 0 fully saturated rings. The summed E-state index contributed by atoms with van der Waals surface area (Å²) in [6.45, 7) is 7.37. The summed E-state index contributed by atoms with van der Waals surface area (Å²) in [7, 11) is 0. The van der Waals surface area contributed by atoms with E-state index in [0.717, 1.165) is 12.4 Å². The second-order valence-corrected chi connectivity index (χ2v) is 4.13. The molecule has 0 unspecified atom stereocenters. The van der Waals surface area contributed by atoms with E-state index in [1.807, 2.05) is 0 Å². The van der Waals surface area contributed by atoms with Crippen LogP contribution in [0.2, 0.25) is 0 Å². The van der Waals surface area contributed by atoms with Gasteiger partial charge in [0.2, 0.25) is 0 Å². The summed E-state index contributed by atoms with van der Waals surface area (Å²) in [5, 5.41) is 0. The van der Waals surface area contributed by atoms with Gasteiger partial charge in [-0.05, 0) is 30.6 Å². The van der Waals surface area contributed by atoms with Crippen molar-refractivity contribution in [1.82, 2.24) is 4.90 Å². The zero-order valence-corrected chi connectivity index (χ0v) is 8.99. The van der Waals surface area contributed by atoms with Crippen molar-refractivity contribution >= 4 is 5.84 Å². The van der Waals surface area contributed by atoms with E-state index >= 15 is 0 Å². The van der Waals surface area contributed by atoms with E-state index in [-0.39, 0.29) is 0 Å². The smallest absolute Gasteiger partial charge is 0.132 e. The number of fused-ring (bicyclic) bond motifs is 1. The molecular weight excluding hydrogens is 172 g/mol. The number of nitrogens with zero attached hydrogens (tertiary/aromatic N) is 2. The Hall–Kier alpha value is -1.31. The van der Waals surface area contributed by atoms with Crippen LogP contribution in [0.25, 0.3) is 0 Å². The van der Waals surface area contributed by atoms with Crippen LogP contribution in [-0.4, -0.2) is 17.3 Å². The lowest BCUT2D eigenvalue weighted by Crippen LogP contribution is -2.31. The monoisotopic (exact) mass is 188 g/mol. The Morgan fingerprint density at radius 1 is 1.43 bits per heavy atom. The standard InChI is InChI=1S/C12H16N2/c1-9(2)11-5-4-6-12-13-7-10(3)8-14(11)12/h4-6,8-9H,7H2,1-3H3. The van der Waals surface area contributed by atoms with Crippen LogP contribution in [0.4, 0.5) is 0 Å². The maximum absolute atomic E-state index is 4.51. The minimum absolute atomic E-state index is 0.535. The molecule has 0 aromatic heterocycles. The number of amidine groups is 1. The number of aliphatic imine (C=N–C) groups is 1. The molecule has 2 aliphatic heterocycles. The van der Waals surface area contributed by atoms with Gasteiger partial charge >= 0.3 is 0 Å². The van der Waals surface area contributed by atoms with E-state index in [0.29, 0.717) is 5.92 Å². The van der Waals surface area contributed by atoms with Crippen molar-refractivity contribution in [2.75, 3.05) is 6.54 Å². The highest BCUT2D eigenvalue weighted by Crippen LogP contribution is 2.23. The lowest BCUT2D eigenvalue weighted by atomic mass is 10.1. The third kappa shape index (κ3) is 1.52. The van der Waals surface area contributed by atoms with Gasteiger partial charge < -0.3 is 4.90 Å². The minimum atomic E-state index is 0.535. The quantitative estimate of drug-likeness (QED) is 0.617. The summed E-state index contributed by atoms with van der Waals surface area (Å²) in [5.41, 5.74) is 2.64. The molecule has 0 amide bonds. The first-order valence-electron chi connectivity index (χ1n) is 5.07. The van der Waals surface area contributed by atoms with Crippen LogP contribution in [0.5, 0.6) is 0 Å². The van der Waals surface area contributed by atoms with Gasteiger partial charge in [0.1, 0.15) is 5.84 Å². The van der Waals surface area contributed by atoms with Crippen LogP contribution in [0, 0.1) is 5.92 Å². The molecule has 14 heavy (non-hydrogen) atoms. The van der Waals surface area contributed by atoms with Crippen LogP contribution in [0.15, 0.2) is 40.7 Å². The van der Waals surface area contributed by atoms with Gasteiger partial charge in [-0.15, -0.1) is 0 Å². The molecule has 0 aromatic rings. The molecule has 0 saturated heterocycles.